The second-order valence-electron chi connectivity index (χ2n) is 8.96. The van der Waals surface area contributed by atoms with Gasteiger partial charge in [-0.2, -0.15) is 0 Å². The van der Waals surface area contributed by atoms with E-state index in [2.05, 4.69) is 17.4 Å². The van der Waals surface area contributed by atoms with Crippen molar-refractivity contribution in [3.05, 3.63) is 65.7 Å². The molecule has 1 aliphatic carbocycles. The number of hydrogen-bond donors (Lipinski definition) is 1. The molecule has 0 spiro atoms. The minimum Gasteiger partial charge on any atom is -0.482 e. The summed E-state index contributed by atoms with van der Waals surface area (Å²) in [6.07, 6.45) is 7.26. The number of benzene rings is 2. The van der Waals surface area contributed by atoms with Crippen LogP contribution in [0.3, 0.4) is 0 Å². The molecule has 2 aliphatic rings. The second kappa shape index (κ2) is 11.8. The maximum absolute atomic E-state index is 13.4. The summed E-state index contributed by atoms with van der Waals surface area (Å²) in [5.41, 5.74) is 1.75. The molecule has 0 unspecified atom stereocenters. The Morgan fingerprint density at radius 3 is 2.27 bits per heavy atom. The van der Waals surface area contributed by atoms with Gasteiger partial charge in [0.2, 0.25) is 0 Å². The number of carbonyl (C=O) groups is 2. The predicted octanol–water partition coefficient (Wildman–Crippen LogP) is 4.34. The lowest BCUT2D eigenvalue weighted by Crippen LogP contribution is -2.45. The standard InChI is InChI=1S/C27H34N2O4/c30-26(33-25-9-5-2-6-10-25)20-32-24-13-11-22(12-14-24)27(31)29(23-15-17-28-18-16-23)19-21-7-3-1-4-8-21/h1,3-4,7-8,11-14,23,25,28H,2,5-6,9-10,15-20H2. The number of nitrogens with zero attached hydrogens (tertiary/aromatic N) is 1. The fraction of sp³-hybridized carbons (Fsp3) is 0.481. The van der Waals surface area contributed by atoms with Crippen LogP contribution in [0.15, 0.2) is 54.6 Å². The molecule has 176 valence electrons. The summed E-state index contributed by atoms with van der Waals surface area (Å²) < 4.78 is 11.1. The molecule has 4 rings (SSSR count). The molecule has 2 aromatic carbocycles. The molecule has 1 aliphatic heterocycles. The van der Waals surface area contributed by atoms with Gasteiger partial charge in [-0.25, -0.2) is 4.79 Å². The molecule has 1 heterocycles. The Hall–Kier alpha value is -2.86. The molecule has 2 fully saturated rings. The number of esters is 1. The highest BCUT2D eigenvalue weighted by Crippen LogP contribution is 2.22. The third-order valence-corrected chi connectivity index (χ3v) is 6.51. The van der Waals surface area contributed by atoms with Gasteiger partial charge in [-0.15, -0.1) is 0 Å². The zero-order valence-electron chi connectivity index (χ0n) is 19.2. The number of carbonyl (C=O) groups excluding carboxylic acids is 2. The van der Waals surface area contributed by atoms with E-state index in [-0.39, 0.29) is 30.6 Å². The van der Waals surface area contributed by atoms with Crippen LogP contribution in [0.4, 0.5) is 0 Å². The average molecular weight is 451 g/mol. The third-order valence-electron chi connectivity index (χ3n) is 6.51. The van der Waals surface area contributed by atoms with E-state index in [0.717, 1.165) is 57.2 Å². The number of nitrogens with one attached hydrogen (secondary N) is 1. The number of ether oxygens (including phenoxy) is 2. The molecule has 0 aromatic heterocycles. The van der Waals surface area contributed by atoms with Crippen LogP contribution in [0, 0.1) is 0 Å². The smallest absolute Gasteiger partial charge is 0.344 e. The summed E-state index contributed by atoms with van der Waals surface area (Å²) in [7, 11) is 0. The largest absolute Gasteiger partial charge is 0.482 e. The van der Waals surface area contributed by atoms with Crippen LogP contribution in [-0.4, -0.2) is 48.6 Å². The van der Waals surface area contributed by atoms with Gasteiger partial charge in [0.05, 0.1) is 0 Å². The van der Waals surface area contributed by atoms with E-state index < -0.39 is 0 Å². The van der Waals surface area contributed by atoms with Gasteiger partial charge in [-0.3, -0.25) is 4.79 Å². The van der Waals surface area contributed by atoms with Crippen molar-refractivity contribution in [1.29, 1.82) is 0 Å². The molecular weight excluding hydrogens is 416 g/mol. The van der Waals surface area contributed by atoms with Crippen molar-refractivity contribution < 1.29 is 19.1 Å². The summed E-state index contributed by atoms with van der Waals surface area (Å²) in [6, 6.07) is 17.4. The SMILES string of the molecule is O=C(COc1ccc(C(=O)N(Cc2ccccc2)C2CCNCC2)cc1)OC1CCCCC1. The minimum atomic E-state index is -0.331. The molecule has 33 heavy (non-hydrogen) atoms. The van der Waals surface area contributed by atoms with Gasteiger partial charge in [0.15, 0.2) is 6.61 Å². The highest BCUT2D eigenvalue weighted by atomic mass is 16.6. The van der Waals surface area contributed by atoms with Crippen LogP contribution < -0.4 is 10.1 Å². The van der Waals surface area contributed by atoms with E-state index in [0.29, 0.717) is 17.9 Å². The fourth-order valence-electron chi connectivity index (χ4n) is 4.67. The van der Waals surface area contributed by atoms with E-state index in [1.54, 1.807) is 24.3 Å². The Balaban J connectivity index is 1.36. The second-order valence-corrected chi connectivity index (χ2v) is 8.96. The molecule has 1 N–H and O–H groups in total. The van der Waals surface area contributed by atoms with Crippen molar-refractivity contribution in [2.24, 2.45) is 0 Å². The first-order chi connectivity index (χ1) is 16.2. The van der Waals surface area contributed by atoms with Gasteiger partial charge in [0, 0.05) is 18.2 Å². The Kier molecular flexibility index (Phi) is 8.36. The number of rotatable bonds is 8. The molecular formula is C27H34N2O4. The first kappa shape index (κ1) is 23.3. The van der Waals surface area contributed by atoms with E-state index in [9.17, 15) is 9.59 Å². The van der Waals surface area contributed by atoms with Crippen molar-refractivity contribution in [2.75, 3.05) is 19.7 Å². The lowest BCUT2D eigenvalue weighted by Gasteiger charge is -2.35. The lowest BCUT2D eigenvalue weighted by molar-refractivity contribution is -0.152. The quantitative estimate of drug-likeness (QED) is 0.606. The Labute approximate surface area is 196 Å². The highest BCUT2D eigenvalue weighted by molar-refractivity contribution is 5.94. The summed E-state index contributed by atoms with van der Waals surface area (Å²) in [5.74, 6) is 0.250. The van der Waals surface area contributed by atoms with E-state index in [4.69, 9.17) is 9.47 Å². The van der Waals surface area contributed by atoms with Crippen LogP contribution in [0.25, 0.3) is 0 Å². The van der Waals surface area contributed by atoms with E-state index in [1.807, 2.05) is 23.1 Å². The third kappa shape index (κ3) is 6.81. The predicted molar refractivity (Wildman–Crippen MR) is 127 cm³/mol. The number of hydrogen-bond acceptors (Lipinski definition) is 5. The zero-order chi connectivity index (χ0) is 22.9. The molecule has 1 amide bonds. The Morgan fingerprint density at radius 2 is 1.58 bits per heavy atom. The summed E-state index contributed by atoms with van der Waals surface area (Å²) in [5, 5.41) is 3.38. The van der Waals surface area contributed by atoms with Crippen molar-refractivity contribution in [3.8, 4) is 5.75 Å². The molecule has 1 saturated heterocycles. The van der Waals surface area contributed by atoms with Gasteiger partial charge in [-0.1, -0.05) is 36.8 Å². The average Bonchev–Trinajstić information content (AvgIpc) is 2.88. The van der Waals surface area contributed by atoms with Crippen molar-refractivity contribution >= 4 is 11.9 Å². The summed E-state index contributed by atoms with van der Waals surface area (Å²) in [6.45, 7) is 2.33. The maximum atomic E-state index is 13.4. The molecule has 0 bridgehead atoms. The first-order valence-electron chi connectivity index (χ1n) is 12.2. The summed E-state index contributed by atoms with van der Waals surface area (Å²) in [4.78, 5) is 27.5. The molecule has 2 aromatic rings. The van der Waals surface area contributed by atoms with E-state index >= 15 is 0 Å². The summed E-state index contributed by atoms with van der Waals surface area (Å²) >= 11 is 0. The van der Waals surface area contributed by atoms with Crippen LogP contribution in [0.1, 0.15) is 60.9 Å². The van der Waals surface area contributed by atoms with Crippen LogP contribution in [0.5, 0.6) is 5.75 Å². The number of amides is 1. The first-order valence-corrected chi connectivity index (χ1v) is 12.2. The van der Waals surface area contributed by atoms with Crippen molar-refractivity contribution in [2.45, 2.75) is 63.6 Å². The maximum Gasteiger partial charge on any atom is 0.344 e. The van der Waals surface area contributed by atoms with Crippen molar-refractivity contribution in [1.82, 2.24) is 10.2 Å². The monoisotopic (exact) mass is 450 g/mol. The van der Waals surface area contributed by atoms with E-state index in [1.165, 1.54) is 6.42 Å². The highest BCUT2D eigenvalue weighted by Gasteiger charge is 2.26. The van der Waals surface area contributed by atoms with Gasteiger partial charge in [0.1, 0.15) is 11.9 Å². The zero-order valence-corrected chi connectivity index (χ0v) is 19.2. The van der Waals surface area contributed by atoms with Crippen LogP contribution in [0.2, 0.25) is 0 Å². The molecule has 0 radical (unpaired) electrons. The lowest BCUT2D eigenvalue weighted by atomic mass is 9.98. The van der Waals surface area contributed by atoms with Crippen molar-refractivity contribution in [3.63, 3.8) is 0 Å². The molecule has 1 saturated carbocycles. The fourth-order valence-corrected chi connectivity index (χ4v) is 4.67. The van der Waals surface area contributed by atoms with Gasteiger partial charge in [0.25, 0.3) is 5.91 Å². The molecule has 0 atom stereocenters. The van der Waals surface area contributed by atoms with Gasteiger partial charge < -0.3 is 19.7 Å². The minimum absolute atomic E-state index is 0.0222. The Morgan fingerprint density at radius 1 is 0.879 bits per heavy atom. The van der Waals surface area contributed by atoms with Gasteiger partial charge >= 0.3 is 5.97 Å². The molecule has 6 heteroatoms. The normalized spacial score (nSPS) is 17.3. The topological polar surface area (TPSA) is 67.9 Å². The van der Waals surface area contributed by atoms with Crippen LogP contribution in [-0.2, 0) is 16.1 Å². The molecule has 6 nitrogen and oxygen atoms in total. The van der Waals surface area contributed by atoms with Crippen LogP contribution >= 0.6 is 0 Å². The Bertz CT molecular complexity index is 888. The van der Waals surface area contributed by atoms with Gasteiger partial charge in [-0.05, 0) is 81.4 Å². The number of piperidine rings is 1.